The SMILES string of the molecule is CC=O.CCOC(=O)C1(C(=O)OCC)C2c3ccccc3C(c3ccccc32)S1=O.CCOC(=O)C1(C(=O)OCC)SC2c3ccccc3C1c1ccccc12.O.S=PP=S=S=S=S.c1ccc2cc3ccccc3cc2c1. The number of esters is 4. The molecule has 7 aromatic carbocycles. The molecule has 2 aliphatic carbocycles. The van der Waals surface area contributed by atoms with Crippen LogP contribution >= 0.6 is 25.9 Å². The van der Waals surface area contributed by atoms with Crippen molar-refractivity contribution in [1.82, 2.24) is 0 Å². The number of benzene rings is 7. The molecule has 11 nitrogen and oxygen atoms in total. The molecule has 406 valence electrons. The Morgan fingerprint density at radius 2 is 0.885 bits per heavy atom. The first-order chi connectivity index (χ1) is 37.5. The van der Waals surface area contributed by atoms with Gasteiger partial charge in [-0.25, -0.2) is 19.2 Å². The van der Waals surface area contributed by atoms with Crippen LogP contribution in [0.2, 0.25) is 0 Å². The molecule has 7 aromatic rings. The molecule has 20 heteroatoms. The Morgan fingerprint density at radius 1 is 0.564 bits per heavy atom. The Labute approximate surface area is 482 Å². The maximum Gasteiger partial charge on any atom is 0.337 e. The zero-order chi connectivity index (χ0) is 55.1. The number of ether oxygens (including phenoxy) is 4. The van der Waals surface area contributed by atoms with Gasteiger partial charge in [0.05, 0.1) is 47.7 Å². The first kappa shape index (κ1) is 62.0. The molecule has 4 heterocycles. The maximum absolute atomic E-state index is 13.8. The molecule has 0 aromatic heterocycles. The number of hydrogen-bond acceptors (Lipinski definition) is 13. The number of hydrogen-bond donors (Lipinski definition) is 0. The summed E-state index contributed by atoms with van der Waals surface area (Å²) < 4.78 is 31.8. The van der Waals surface area contributed by atoms with Gasteiger partial charge in [0.2, 0.25) is 4.75 Å². The fraction of sp³-hybridized carbons (Fsp3) is 0.259. The second kappa shape index (κ2) is 29.3. The third-order valence-corrected chi connectivity index (χ3v) is 26.9. The van der Waals surface area contributed by atoms with Crippen LogP contribution < -0.4 is 0 Å². The molecule has 0 amide bonds. The fourth-order valence-electron chi connectivity index (χ4n) is 10.3. The topological polar surface area (TPSA) is 171 Å². The van der Waals surface area contributed by atoms with Gasteiger partial charge in [-0.3, -0.25) is 4.21 Å². The predicted molar refractivity (Wildman–Crippen MR) is 328 cm³/mol. The summed E-state index contributed by atoms with van der Waals surface area (Å²) in [5.74, 6) is -3.69. The van der Waals surface area contributed by atoms with E-state index >= 15 is 0 Å². The van der Waals surface area contributed by atoms with Crippen LogP contribution in [0.3, 0.4) is 0 Å². The molecule has 4 aliphatic heterocycles. The summed E-state index contributed by atoms with van der Waals surface area (Å²) in [6, 6.07) is 52.6. The van der Waals surface area contributed by atoms with Crippen molar-refractivity contribution in [1.29, 1.82) is 0 Å². The Hall–Kier alpha value is -5.23. The lowest BCUT2D eigenvalue weighted by molar-refractivity contribution is -0.161. The molecule has 0 radical (unpaired) electrons. The van der Waals surface area contributed by atoms with E-state index in [0.29, 0.717) is 0 Å². The van der Waals surface area contributed by atoms with Crippen LogP contribution in [0.1, 0.15) is 101 Å². The molecule has 4 bridgehead atoms. The molecule has 1 unspecified atom stereocenters. The highest BCUT2D eigenvalue weighted by Crippen LogP contribution is 2.65. The van der Waals surface area contributed by atoms with Gasteiger partial charge >= 0.3 is 23.9 Å². The van der Waals surface area contributed by atoms with E-state index < -0.39 is 61.3 Å². The van der Waals surface area contributed by atoms with Crippen LogP contribution in [0.5, 0.6) is 0 Å². The minimum Gasteiger partial charge on any atom is -0.464 e. The number of carbonyl (C=O) groups is 5. The molecule has 78 heavy (non-hydrogen) atoms. The first-order valence-corrected chi connectivity index (χ1v) is 35.2. The van der Waals surface area contributed by atoms with E-state index in [1.165, 1.54) is 56.2 Å². The normalized spacial score (nSPS) is 18.3. The summed E-state index contributed by atoms with van der Waals surface area (Å²) in [4.78, 5) is 61.3. The monoisotopic (exact) mass is 1210 g/mol. The highest BCUT2D eigenvalue weighted by atomic mass is 33.3. The van der Waals surface area contributed by atoms with Crippen LogP contribution in [0, 0.1) is 0 Å². The quantitative estimate of drug-likeness (QED) is 0.0334. The van der Waals surface area contributed by atoms with E-state index in [1.54, 1.807) is 46.1 Å². The summed E-state index contributed by atoms with van der Waals surface area (Å²) in [6.07, 6.45) is 0.750. The largest absolute Gasteiger partial charge is 0.464 e. The van der Waals surface area contributed by atoms with Crippen molar-refractivity contribution in [2.24, 2.45) is 0 Å². The predicted octanol–water partition coefficient (Wildman–Crippen LogP) is 11.8. The van der Waals surface area contributed by atoms with E-state index in [0.717, 1.165) is 57.8 Å². The molecule has 0 saturated carbocycles. The van der Waals surface area contributed by atoms with E-state index in [4.69, 9.17) is 23.7 Å². The minimum atomic E-state index is -1.89. The highest BCUT2D eigenvalue weighted by Gasteiger charge is 2.69. The second-order valence-corrected chi connectivity index (χ2v) is 29.8. The standard InChI is InChI=1S/C21H20O5S.C21H20O4S.C14H10.C2H4O.H2O.P2S5/c1-3-25-19(22)21(20(23)26-4-2)17-13-9-5-7-11-15(13)18(27(21)24)16-12-8-6-10-14(16)17;1-3-24-19(22)21(20(23)25-4-2)17-13-9-5-7-11-15(13)18(26-21)16-12-8-6-10-14(16)17;1-2-6-12-10-14-8-4-3-7-13(14)9-11(12)5-1;1-2-3;;3-1-2-5-7-6-4/h5-12,17-18H,3-4H2,1-2H3;5-12,17-18H,3-4H2,1-2H3;1-10H;2H,1H3;1H2;. The summed E-state index contributed by atoms with van der Waals surface area (Å²) in [5, 5.41) is 4.58. The Bertz CT molecular complexity index is 3290. The van der Waals surface area contributed by atoms with Crippen molar-refractivity contribution in [3.8, 4) is 0 Å². The summed E-state index contributed by atoms with van der Waals surface area (Å²) in [5.41, 5.74) is 7.79. The fourth-order valence-corrected chi connectivity index (χ4v) is 23.8. The van der Waals surface area contributed by atoms with Gasteiger partial charge in [-0.05, 0) is 163 Å². The van der Waals surface area contributed by atoms with Gasteiger partial charge in [-0.2, -0.15) is 0 Å². The van der Waals surface area contributed by atoms with Gasteiger partial charge in [0.15, 0.2) is 0 Å². The molecule has 0 fully saturated rings. The van der Waals surface area contributed by atoms with Gasteiger partial charge in [0.1, 0.15) is 6.29 Å². The molecule has 0 spiro atoms. The van der Waals surface area contributed by atoms with Gasteiger partial charge in [0, 0.05) is 25.9 Å². The van der Waals surface area contributed by atoms with Crippen LogP contribution in [0.25, 0.3) is 21.5 Å². The van der Waals surface area contributed by atoms with Crippen molar-refractivity contribution in [2.75, 3.05) is 26.4 Å². The molecule has 6 aliphatic rings. The average Bonchev–Trinajstić information content (AvgIpc) is 3.61. The number of rotatable bonds is 9. The third kappa shape index (κ3) is 12.2. The second-order valence-electron chi connectivity index (χ2n) is 17.1. The number of aldehydes is 1. The van der Waals surface area contributed by atoms with Crippen molar-refractivity contribution in [2.45, 2.75) is 66.4 Å². The Morgan fingerprint density at radius 3 is 1.23 bits per heavy atom. The van der Waals surface area contributed by atoms with E-state index in [-0.39, 0.29) is 37.2 Å². The van der Waals surface area contributed by atoms with E-state index in [9.17, 15) is 23.4 Å². The van der Waals surface area contributed by atoms with Crippen LogP contribution in [0.4, 0.5) is 0 Å². The third-order valence-electron chi connectivity index (χ3n) is 13.1. The van der Waals surface area contributed by atoms with Crippen molar-refractivity contribution in [3.05, 3.63) is 202 Å². The number of thioether (sulfide) groups is 1. The molecular weight excluding hydrogens is 1160 g/mol. The van der Waals surface area contributed by atoms with Gasteiger partial charge in [-0.1, -0.05) is 146 Å². The van der Waals surface area contributed by atoms with Crippen molar-refractivity contribution >= 4 is 139 Å². The Balaban J connectivity index is 0.000000179. The number of fused-ring (bicyclic) bond motifs is 4. The van der Waals surface area contributed by atoms with Crippen molar-refractivity contribution < 1.29 is 52.6 Å². The lowest BCUT2D eigenvalue weighted by atomic mass is 9.70. The maximum atomic E-state index is 13.8. The van der Waals surface area contributed by atoms with Crippen LogP contribution in [0.15, 0.2) is 158 Å². The van der Waals surface area contributed by atoms with Gasteiger partial charge in [0.25, 0.3) is 4.75 Å². The smallest absolute Gasteiger partial charge is 0.337 e. The average molecular weight is 1220 g/mol. The molecule has 0 saturated heterocycles. The van der Waals surface area contributed by atoms with E-state index in [2.05, 4.69) is 95.8 Å². The highest BCUT2D eigenvalue weighted by molar-refractivity contribution is 8.63. The van der Waals surface area contributed by atoms with E-state index in [1.807, 2.05) is 84.9 Å². The molecule has 13 rings (SSSR count). The van der Waals surface area contributed by atoms with Crippen LogP contribution in [-0.4, -0.2) is 75.8 Å². The first-order valence-electron chi connectivity index (χ1n) is 24.5. The van der Waals surface area contributed by atoms with Crippen molar-refractivity contribution in [3.63, 3.8) is 0 Å². The van der Waals surface area contributed by atoms with Gasteiger partial charge < -0.3 is 29.2 Å². The lowest BCUT2D eigenvalue weighted by Gasteiger charge is -2.49. The molecule has 1 atom stereocenters. The van der Waals surface area contributed by atoms with Crippen LogP contribution in [-0.2, 0) is 104 Å². The lowest BCUT2D eigenvalue weighted by Crippen LogP contribution is -2.62. The zero-order valence-corrected chi connectivity index (χ0v) is 50.6. The van der Waals surface area contributed by atoms with Gasteiger partial charge in [-0.15, -0.1) is 11.8 Å². The molecule has 2 N–H and O–H groups in total. The summed E-state index contributed by atoms with van der Waals surface area (Å²) in [6.45, 7) is 8.93. The molecular formula is C58H56O11P2S7. The minimum absolute atomic E-state index is 0. The number of carbonyl (C=O) groups excluding carboxylic acids is 5. The summed E-state index contributed by atoms with van der Waals surface area (Å²) in [7, 11) is 4.97. The Kier molecular flexibility index (Phi) is 23.3. The summed E-state index contributed by atoms with van der Waals surface area (Å²) >= 11 is 10.6. The zero-order valence-electron chi connectivity index (χ0n) is 43.1.